The number of rotatable bonds is 6. The molecule has 0 aliphatic heterocycles. The van der Waals surface area contributed by atoms with E-state index in [-0.39, 0.29) is 0 Å². The van der Waals surface area contributed by atoms with Gasteiger partial charge in [-0.05, 0) is 26.2 Å². The molecule has 1 fully saturated rings. The van der Waals surface area contributed by atoms with E-state index >= 15 is 0 Å². The van der Waals surface area contributed by atoms with Gasteiger partial charge in [0.25, 0.3) is 0 Å². The van der Waals surface area contributed by atoms with Crippen molar-refractivity contribution in [3.63, 3.8) is 0 Å². The number of nitrogens with zero attached hydrogens (tertiary/aromatic N) is 2. The third kappa shape index (κ3) is 4.30. The summed E-state index contributed by atoms with van der Waals surface area (Å²) < 4.78 is 5.79. The Hall–Kier alpha value is -1.16. The molecule has 1 heterocycles. The highest BCUT2D eigenvalue weighted by Gasteiger charge is 2.14. The van der Waals surface area contributed by atoms with Crippen molar-refractivity contribution in [1.82, 2.24) is 9.97 Å². The second-order valence-corrected chi connectivity index (χ2v) is 4.60. The average Bonchev–Trinajstić information content (AvgIpc) is 2.82. The van der Waals surface area contributed by atoms with E-state index in [1.165, 1.54) is 25.7 Å². The Bertz CT molecular complexity index is 337. The Morgan fingerprint density at radius 1 is 1.35 bits per heavy atom. The van der Waals surface area contributed by atoms with E-state index < -0.39 is 0 Å². The zero-order valence-electron chi connectivity index (χ0n) is 10.5. The van der Waals surface area contributed by atoms with Gasteiger partial charge in [0.05, 0.1) is 6.10 Å². The van der Waals surface area contributed by atoms with Gasteiger partial charge in [-0.3, -0.25) is 0 Å². The molecule has 17 heavy (non-hydrogen) atoms. The molecule has 1 saturated carbocycles. The van der Waals surface area contributed by atoms with Crippen LogP contribution < -0.4 is 5.32 Å². The first kappa shape index (κ1) is 12.3. The first-order valence-electron chi connectivity index (χ1n) is 6.49. The smallest absolute Gasteiger partial charge is 0.129 e. The summed E-state index contributed by atoms with van der Waals surface area (Å²) in [6, 6.07) is 1.96. The summed E-state index contributed by atoms with van der Waals surface area (Å²) in [7, 11) is 0. The molecule has 1 aromatic rings. The van der Waals surface area contributed by atoms with E-state index in [4.69, 9.17) is 4.74 Å². The van der Waals surface area contributed by atoms with E-state index in [0.717, 1.165) is 31.1 Å². The van der Waals surface area contributed by atoms with E-state index in [9.17, 15) is 0 Å². The highest BCUT2D eigenvalue weighted by atomic mass is 16.5. The third-order valence-electron chi connectivity index (χ3n) is 3.09. The summed E-state index contributed by atoms with van der Waals surface area (Å²) in [6.07, 6.45) is 8.31. The summed E-state index contributed by atoms with van der Waals surface area (Å²) in [5, 5.41) is 3.28. The number of nitrogens with one attached hydrogen (secondary N) is 1. The predicted molar refractivity (Wildman–Crippen MR) is 68.1 cm³/mol. The first-order chi connectivity index (χ1) is 8.34. The normalized spacial score (nSPS) is 16.3. The summed E-state index contributed by atoms with van der Waals surface area (Å²) in [6.45, 7) is 3.72. The van der Waals surface area contributed by atoms with Gasteiger partial charge in [-0.25, -0.2) is 9.97 Å². The lowest BCUT2D eigenvalue weighted by Crippen LogP contribution is -2.12. The van der Waals surface area contributed by atoms with Crippen molar-refractivity contribution in [1.29, 1.82) is 0 Å². The molecule has 1 aromatic heterocycles. The van der Waals surface area contributed by atoms with Crippen LogP contribution in [0.2, 0.25) is 0 Å². The van der Waals surface area contributed by atoms with E-state index in [1.807, 2.05) is 13.0 Å². The van der Waals surface area contributed by atoms with Crippen molar-refractivity contribution < 1.29 is 4.74 Å². The number of hydrogen-bond acceptors (Lipinski definition) is 4. The fraction of sp³-hybridized carbons (Fsp3) is 0.692. The Morgan fingerprint density at radius 2 is 2.18 bits per heavy atom. The molecule has 0 bridgehead atoms. The van der Waals surface area contributed by atoms with Crippen LogP contribution >= 0.6 is 0 Å². The van der Waals surface area contributed by atoms with Gasteiger partial charge >= 0.3 is 0 Å². The maximum absolute atomic E-state index is 5.79. The van der Waals surface area contributed by atoms with Crippen LogP contribution in [0.4, 0.5) is 5.82 Å². The van der Waals surface area contributed by atoms with Crippen molar-refractivity contribution in [2.24, 2.45) is 0 Å². The van der Waals surface area contributed by atoms with Crippen LogP contribution in [-0.2, 0) is 4.74 Å². The monoisotopic (exact) mass is 235 g/mol. The highest BCUT2D eigenvalue weighted by molar-refractivity contribution is 5.33. The zero-order valence-corrected chi connectivity index (χ0v) is 10.5. The molecule has 94 valence electrons. The van der Waals surface area contributed by atoms with Crippen LogP contribution in [0.15, 0.2) is 12.4 Å². The zero-order chi connectivity index (χ0) is 11.9. The van der Waals surface area contributed by atoms with E-state index in [0.29, 0.717) is 6.10 Å². The Labute approximate surface area is 103 Å². The van der Waals surface area contributed by atoms with Gasteiger partial charge in [-0.15, -0.1) is 0 Å². The predicted octanol–water partition coefficient (Wildman–Crippen LogP) is 2.55. The number of aromatic nitrogens is 2. The minimum atomic E-state index is 0.524. The Balaban J connectivity index is 1.56. The summed E-state index contributed by atoms with van der Waals surface area (Å²) in [5.41, 5.74) is 0.990. The van der Waals surface area contributed by atoms with Crippen molar-refractivity contribution in [3.8, 4) is 0 Å². The molecule has 0 spiro atoms. The molecular formula is C13H21N3O. The molecule has 0 amide bonds. The fourth-order valence-electron chi connectivity index (χ4n) is 2.14. The van der Waals surface area contributed by atoms with Crippen LogP contribution in [-0.4, -0.2) is 29.2 Å². The van der Waals surface area contributed by atoms with Crippen LogP contribution in [0.1, 0.15) is 37.8 Å². The quantitative estimate of drug-likeness (QED) is 0.770. The van der Waals surface area contributed by atoms with Crippen LogP contribution in [0.5, 0.6) is 0 Å². The molecule has 0 unspecified atom stereocenters. The topological polar surface area (TPSA) is 47.0 Å². The van der Waals surface area contributed by atoms with Crippen LogP contribution in [0, 0.1) is 6.92 Å². The minimum absolute atomic E-state index is 0.524. The number of anilines is 1. The fourth-order valence-corrected chi connectivity index (χ4v) is 2.14. The molecule has 4 heteroatoms. The molecule has 4 nitrogen and oxygen atoms in total. The maximum atomic E-state index is 5.79. The number of hydrogen-bond donors (Lipinski definition) is 1. The lowest BCUT2D eigenvalue weighted by atomic mass is 10.3. The molecule has 0 aromatic carbocycles. The van der Waals surface area contributed by atoms with Gasteiger partial charge in [0, 0.05) is 24.9 Å². The third-order valence-corrected chi connectivity index (χ3v) is 3.09. The van der Waals surface area contributed by atoms with Crippen molar-refractivity contribution in [3.05, 3.63) is 18.1 Å². The van der Waals surface area contributed by atoms with Gasteiger partial charge in [0.1, 0.15) is 12.1 Å². The average molecular weight is 235 g/mol. The largest absolute Gasteiger partial charge is 0.378 e. The lowest BCUT2D eigenvalue weighted by molar-refractivity contribution is 0.0583. The molecule has 1 N–H and O–H groups in total. The first-order valence-corrected chi connectivity index (χ1v) is 6.49. The van der Waals surface area contributed by atoms with Gasteiger partial charge in [-0.1, -0.05) is 12.8 Å². The summed E-state index contributed by atoms with van der Waals surface area (Å²) >= 11 is 0. The maximum Gasteiger partial charge on any atom is 0.129 e. The Morgan fingerprint density at radius 3 is 2.94 bits per heavy atom. The Kier molecular flexibility index (Phi) is 4.74. The minimum Gasteiger partial charge on any atom is -0.378 e. The van der Waals surface area contributed by atoms with Crippen LogP contribution in [0.3, 0.4) is 0 Å². The number of aryl methyl sites for hydroxylation is 1. The molecule has 2 rings (SSSR count). The van der Waals surface area contributed by atoms with Gasteiger partial charge < -0.3 is 10.1 Å². The van der Waals surface area contributed by atoms with Gasteiger partial charge in [0.2, 0.25) is 0 Å². The standard InChI is InChI=1S/C13H21N3O/c1-11-9-13(16-10-15-11)14-7-4-8-17-12-5-2-3-6-12/h9-10,12H,2-8H2,1H3,(H,14,15,16). The second kappa shape index (κ2) is 6.55. The van der Waals surface area contributed by atoms with Gasteiger partial charge in [-0.2, -0.15) is 0 Å². The molecule has 0 radical (unpaired) electrons. The molecule has 1 aliphatic rings. The van der Waals surface area contributed by atoms with Crippen molar-refractivity contribution in [2.75, 3.05) is 18.5 Å². The molecule has 0 atom stereocenters. The van der Waals surface area contributed by atoms with E-state index in [1.54, 1.807) is 6.33 Å². The molecule has 1 aliphatic carbocycles. The van der Waals surface area contributed by atoms with Crippen molar-refractivity contribution >= 4 is 5.82 Å². The summed E-state index contributed by atoms with van der Waals surface area (Å²) in [4.78, 5) is 8.21. The molecule has 0 saturated heterocycles. The van der Waals surface area contributed by atoms with Crippen LogP contribution in [0.25, 0.3) is 0 Å². The SMILES string of the molecule is Cc1cc(NCCCOC2CCCC2)ncn1. The van der Waals surface area contributed by atoms with E-state index in [2.05, 4.69) is 15.3 Å². The second-order valence-electron chi connectivity index (χ2n) is 4.60. The number of ether oxygens (including phenoxy) is 1. The lowest BCUT2D eigenvalue weighted by Gasteiger charge is -2.11. The van der Waals surface area contributed by atoms with Crippen molar-refractivity contribution in [2.45, 2.75) is 45.1 Å². The van der Waals surface area contributed by atoms with Gasteiger partial charge in [0.15, 0.2) is 0 Å². The highest BCUT2D eigenvalue weighted by Crippen LogP contribution is 2.20. The summed E-state index contributed by atoms with van der Waals surface area (Å²) in [5.74, 6) is 0.901. The molecular weight excluding hydrogens is 214 g/mol.